The Morgan fingerprint density at radius 1 is 1.21 bits per heavy atom. The molecule has 0 saturated heterocycles. The minimum Gasteiger partial charge on any atom is -0.496 e. The van der Waals surface area contributed by atoms with E-state index in [1.165, 1.54) is 24.0 Å². The van der Waals surface area contributed by atoms with Gasteiger partial charge in [-0.2, -0.15) is 4.98 Å². The summed E-state index contributed by atoms with van der Waals surface area (Å²) in [5.41, 5.74) is 4.70. The Labute approximate surface area is 170 Å². The number of thiazole rings is 1. The molecule has 4 rings (SSSR count). The smallest absolute Gasteiger partial charge is 0.261 e. The van der Waals surface area contributed by atoms with Crippen LogP contribution in [0.2, 0.25) is 5.02 Å². The van der Waals surface area contributed by atoms with Crippen LogP contribution < -0.4 is 10.1 Å². The Balaban J connectivity index is 1.67. The highest BCUT2D eigenvalue weighted by Gasteiger charge is 2.18. The maximum absolute atomic E-state index is 12.7. The molecule has 0 atom stereocenters. The summed E-state index contributed by atoms with van der Waals surface area (Å²) in [4.78, 5) is 17.8. The van der Waals surface area contributed by atoms with Gasteiger partial charge in [-0.25, -0.2) is 4.52 Å². The third-order valence-electron chi connectivity index (χ3n) is 4.37. The monoisotopic (exact) mass is 412 g/mol. The molecule has 0 radical (unpaired) electrons. The molecular weight excluding hydrogens is 396 g/mol. The van der Waals surface area contributed by atoms with Crippen LogP contribution in [-0.2, 0) is 0 Å². The minimum absolute atomic E-state index is 0.227. The van der Waals surface area contributed by atoms with Crippen LogP contribution in [0.25, 0.3) is 16.2 Å². The van der Waals surface area contributed by atoms with Gasteiger partial charge in [0.05, 0.1) is 18.4 Å². The van der Waals surface area contributed by atoms with Crippen LogP contribution in [0.3, 0.4) is 0 Å². The average molecular weight is 413 g/mol. The summed E-state index contributed by atoms with van der Waals surface area (Å²) < 4.78 is 6.98. The van der Waals surface area contributed by atoms with Gasteiger partial charge in [0.1, 0.15) is 5.75 Å². The zero-order chi connectivity index (χ0) is 19.8. The van der Waals surface area contributed by atoms with Gasteiger partial charge in [0.15, 0.2) is 0 Å². The van der Waals surface area contributed by atoms with Gasteiger partial charge in [-0.15, -0.1) is 16.4 Å². The molecule has 142 valence electrons. The molecule has 0 aliphatic carbocycles. The molecule has 6 nitrogen and oxygen atoms in total. The molecule has 2 aromatic carbocycles. The molecule has 0 spiro atoms. The largest absolute Gasteiger partial charge is 0.496 e. The molecule has 8 heteroatoms. The fourth-order valence-corrected chi connectivity index (χ4v) is 4.04. The van der Waals surface area contributed by atoms with E-state index in [9.17, 15) is 4.79 Å². The number of rotatable bonds is 4. The van der Waals surface area contributed by atoms with E-state index in [0.717, 1.165) is 16.8 Å². The molecular formula is C20H17ClN4O2S. The van der Waals surface area contributed by atoms with Gasteiger partial charge in [0, 0.05) is 16.0 Å². The van der Waals surface area contributed by atoms with Gasteiger partial charge >= 0.3 is 0 Å². The highest BCUT2D eigenvalue weighted by atomic mass is 35.5. The Hall–Kier alpha value is -2.90. The number of halogens is 1. The summed E-state index contributed by atoms with van der Waals surface area (Å²) in [6.07, 6.45) is 0. The highest BCUT2D eigenvalue weighted by molar-refractivity contribution is 7.15. The number of carbonyl (C=O) groups excluding carboxylic acids is 1. The normalized spacial score (nSPS) is 11.0. The summed E-state index contributed by atoms with van der Waals surface area (Å²) >= 11 is 7.48. The standard InChI is InChI=1S/C20H17ClN4O2S/c1-11-4-6-14(12(2)8-11)16-10-28-20-23-19(24-25(16)20)22-18(26)15-9-13(21)5-7-17(15)27-3/h4-10H,1-3H3,(H,22,24,26). The van der Waals surface area contributed by atoms with Crippen molar-refractivity contribution in [3.8, 4) is 17.0 Å². The van der Waals surface area contributed by atoms with Crippen LogP contribution in [0.4, 0.5) is 5.95 Å². The molecule has 0 saturated carbocycles. The van der Waals surface area contributed by atoms with Crippen molar-refractivity contribution in [1.82, 2.24) is 14.6 Å². The minimum atomic E-state index is -0.384. The second-order valence-corrected chi connectivity index (χ2v) is 7.64. The van der Waals surface area contributed by atoms with Crippen LogP contribution in [0, 0.1) is 13.8 Å². The van der Waals surface area contributed by atoms with Gasteiger partial charge in [-0.3, -0.25) is 10.1 Å². The lowest BCUT2D eigenvalue weighted by Gasteiger charge is -2.08. The molecule has 0 aliphatic heterocycles. The molecule has 2 aromatic heterocycles. The molecule has 4 aromatic rings. The Kier molecular flexibility index (Phi) is 4.78. The van der Waals surface area contributed by atoms with E-state index in [-0.39, 0.29) is 11.9 Å². The summed E-state index contributed by atoms with van der Waals surface area (Å²) in [5.74, 6) is 0.273. The van der Waals surface area contributed by atoms with Gasteiger partial charge in [-0.05, 0) is 37.6 Å². The SMILES string of the molecule is COc1ccc(Cl)cc1C(=O)Nc1nc2scc(-c3ccc(C)cc3C)n2n1. The van der Waals surface area contributed by atoms with Crippen molar-refractivity contribution in [2.45, 2.75) is 13.8 Å². The molecule has 1 N–H and O–H groups in total. The number of aromatic nitrogens is 3. The van der Waals surface area contributed by atoms with Crippen LogP contribution in [0.15, 0.2) is 41.8 Å². The number of amides is 1. The van der Waals surface area contributed by atoms with E-state index in [0.29, 0.717) is 21.3 Å². The fraction of sp³-hybridized carbons (Fsp3) is 0.150. The van der Waals surface area contributed by atoms with Crippen LogP contribution in [0.5, 0.6) is 5.75 Å². The number of carbonyl (C=O) groups is 1. The predicted octanol–water partition coefficient (Wildman–Crippen LogP) is 4.99. The van der Waals surface area contributed by atoms with E-state index in [1.807, 2.05) is 5.38 Å². The Morgan fingerprint density at radius 3 is 2.79 bits per heavy atom. The van der Waals surface area contributed by atoms with Crippen molar-refractivity contribution < 1.29 is 9.53 Å². The van der Waals surface area contributed by atoms with Crippen LogP contribution in [0.1, 0.15) is 21.5 Å². The molecule has 0 bridgehead atoms. The van der Waals surface area contributed by atoms with E-state index >= 15 is 0 Å². The van der Waals surface area contributed by atoms with Gasteiger partial charge in [0.2, 0.25) is 4.96 Å². The second kappa shape index (κ2) is 7.26. The maximum Gasteiger partial charge on any atom is 0.261 e. The first-order chi connectivity index (χ1) is 13.5. The summed E-state index contributed by atoms with van der Waals surface area (Å²) in [5, 5.41) is 9.65. The van der Waals surface area contributed by atoms with E-state index in [1.54, 1.807) is 22.7 Å². The summed E-state index contributed by atoms with van der Waals surface area (Å²) in [6, 6.07) is 11.1. The van der Waals surface area contributed by atoms with Crippen molar-refractivity contribution in [3.05, 3.63) is 63.5 Å². The molecule has 1 amide bonds. The lowest BCUT2D eigenvalue weighted by Crippen LogP contribution is -2.14. The average Bonchev–Trinajstić information content (AvgIpc) is 3.22. The first kappa shape index (κ1) is 18.5. The maximum atomic E-state index is 12.7. The predicted molar refractivity (Wildman–Crippen MR) is 112 cm³/mol. The number of nitrogens with one attached hydrogen (secondary N) is 1. The number of benzene rings is 2. The van der Waals surface area contributed by atoms with Crippen molar-refractivity contribution >= 4 is 39.8 Å². The molecule has 0 unspecified atom stereocenters. The number of hydrogen-bond acceptors (Lipinski definition) is 5. The molecule has 28 heavy (non-hydrogen) atoms. The van der Waals surface area contributed by atoms with Crippen molar-refractivity contribution in [2.75, 3.05) is 12.4 Å². The molecule has 0 fully saturated rings. The third kappa shape index (κ3) is 3.34. The first-order valence-electron chi connectivity index (χ1n) is 8.53. The number of hydrogen-bond donors (Lipinski definition) is 1. The number of anilines is 1. The van der Waals surface area contributed by atoms with E-state index < -0.39 is 0 Å². The molecule has 0 aliphatic rings. The first-order valence-corrected chi connectivity index (χ1v) is 9.79. The number of ether oxygens (including phenoxy) is 1. The third-order valence-corrected chi connectivity index (χ3v) is 5.42. The Bertz CT molecular complexity index is 1200. The van der Waals surface area contributed by atoms with E-state index in [4.69, 9.17) is 16.3 Å². The number of aryl methyl sites for hydroxylation is 2. The summed E-state index contributed by atoms with van der Waals surface area (Å²) in [7, 11) is 1.50. The van der Waals surface area contributed by atoms with Gasteiger partial charge in [0.25, 0.3) is 11.9 Å². The zero-order valence-corrected chi connectivity index (χ0v) is 17.1. The number of methoxy groups -OCH3 is 1. The number of fused-ring (bicyclic) bond motifs is 1. The van der Waals surface area contributed by atoms with E-state index in [2.05, 4.69) is 47.4 Å². The summed E-state index contributed by atoms with van der Waals surface area (Å²) in [6.45, 7) is 4.13. The van der Waals surface area contributed by atoms with Gasteiger partial charge < -0.3 is 4.74 Å². The molecule has 2 heterocycles. The quantitative estimate of drug-likeness (QED) is 0.512. The number of nitrogens with zero attached hydrogens (tertiary/aromatic N) is 3. The Morgan fingerprint density at radius 2 is 2.04 bits per heavy atom. The van der Waals surface area contributed by atoms with Gasteiger partial charge in [-0.1, -0.05) is 35.4 Å². The topological polar surface area (TPSA) is 68.5 Å². The van der Waals surface area contributed by atoms with Crippen molar-refractivity contribution in [1.29, 1.82) is 0 Å². The highest BCUT2D eigenvalue weighted by Crippen LogP contribution is 2.29. The fourth-order valence-electron chi connectivity index (χ4n) is 3.05. The van der Waals surface area contributed by atoms with Crippen LogP contribution in [-0.4, -0.2) is 27.6 Å². The zero-order valence-electron chi connectivity index (χ0n) is 15.5. The van der Waals surface area contributed by atoms with Crippen molar-refractivity contribution in [3.63, 3.8) is 0 Å². The lowest BCUT2D eigenvalue weighted by molar-refractivity contribution is 0.102. The van der Waals surface area contributed by atoms with Crippen LogP contribution >= 0.6 is 22.9 Å². The lowest BCUT2D eigenvalue weighted by atomic mass is 10.0. The van der Waals surface area contributed by atoms with Crippen molar-refractivity contribution in [2.24, 2.45) is 0 Å². The second-order valence-electron chi connectivity index (χ2n) is 6.37.